The molecule has 2 heterocycles. The standard InChI is InChI=1S/C9H7ClN4/c1-3-4-14-8-7(5-11-14)6(2)12-9(10)13-8/h1,5H,4H2,2H3. The Balaban J connectivity index is 2.73. The maximum Gasteiger partial charge on any atom is 0.224 e. The Morgan fingerprint density at radius 2 is 2.36 bits per heavy atom. The molecular weight excluding hydrogens is 200 g/mol. The summed E-state index contributed by atoms with van der Waals surface area (Å²) in [5, 5.41) is 5.20. The lowest BCUT2D eigenvalue weighted by molar-refractivity contribution is 0.733. The summed E-state index contributed by atoms with van der Waals surface area (Å²) in [5.41, 5.74) is 1.49. The fourth-order valence-electron chi connectivity index (χ4n) is 1.27. The molecule has 0 atom stereocenters. The molecule has 0 fully saturated rings. The maximum atomic E-state index is 5.74. The summed E-state index contributed by atoms with van der Waals surface area (Å²) in [5.74, 6) is 2.50. The van der Waals surface area contributed by atoms with Gasteiger partial charge in [0, 0.05) is 0 Å². The third-order valence-electron chi connectivity index (χ3n) is 1.90. The Morgan fingerprint density at radius 3 is 3.07 bits per heavy atom. The summed E-state index contributed by atoms with van der Waals surface area (Å²) >= 11 is 5.74. The van der Waals surface area contributed by atoms with E-state index in [-0.39, 0.29) is 5.28 Å². The fourth-order valence-corrected chi connectivity index (χ4v) is 1.47. The van der Waals surface area contributed by atoms with Crippen molar-refractivity contribution in [2.75, 3.05) is 0 Å². The molecule has 2 aromatic rings. The Hall–Kier alpha value is -1.60. The molecule has 0 spiro atoms. The van der Waals surface area contributed by atoms with Gasteiger partial charge in [0.15, 0.2) is 5.65 Å². The molecule has 14 heavy (non-hydrogen) atoms. The van der Waals surface area contributed by atoms with Crippen LogP contribution in [0, 0.1) is 19.3 Å². The first-order valence-corrected chi connectivity index (χ1v) is 4.39. The van der Waals surface area contributed by atoms with Gasteiger partial charge in [0.05, 0.1) is 17.3 Å². The van der Waals surface area contributed by atoms with Gasteiger partial charge in [-0.25, -0.2) is 9.67 Å². The lowest BCUT2D eigenvalue weighted by atomic mass is 10.3. The number of terminal acetylenes is 1. The Bertz CT molecular complexity index is 523. The van der Waals surface area contributed by atoms with Crippen LogP contribution in [-0.4, -0.2) is 19.7 Å². The zero-order valence-electron chi connectivity index (χ0n) is 7.53. The number of fused-ring (bicyclic) bond motifs is 1. The zero-order valence-corrected chi connectivity index (χ0v) is 8.28. The fraction of sp³-hybridized carbons (Fsp3) is 0.222. The summed E-state index contributed by atoms with van der Waals surface area (Å²) < 4.78 is 1.62. The summed E-state index contributed by atoms with van der Waals surface area (Å²) in [6.45, 7) is 2.24. The van der Waals surface area contributed by atoms with Crippen molar-refractivity contribution in [3.8, 4) is 12.3 Å². The van der Waals surface area contributed by atoms with Crippen LogP contribution < -0.4 is 0 Å². The van der Waals surface area contributed by atoms with Crippen LogP contribution in [0.5, 0.6) is 0 Å². The van der Waals surface area contributed by atoms with E-state index in [1.54, 1.807) is 10.9 Å². The van der Waals surface area contributed by atoms with E-state index in [2.05, 4.69) is 21.0 Å². The van der Waals surface area contributed by atoms with Gasteiger partial charge in [-0.2, -0.15) is 10.1 Å². The second kappa shape index (κ2) is 3.28. The largest absolute Gasteiger partial charge is 0.235 e. The van der Waals surface area contributed by atoms with Gasteiger partial charge in [0.25, 0.3) is 0 Å². The molecule has 0 bridgehead atoms. The first-order valence-electron chi connectivity index (χ1n) is 4.01. The highest BCUT2D eigenvalue weighted by molar-refractivity contribution is 6.28. The van der Waals surface area contributed by atoms with Crippen molar-refractivity contribution in [1.82, 2.24) is 19.7 Å². The van der Waals surface area contributed by atoms with Crippen molar-refractivity contribution in [2.45, 2.75) is 13.5 Å². The number of rotatable bonds is 1. The number of nitrogens with zero attached hydrogens (tertiary/aromatic N) is 4. The van der Waals surface area contributed by atoms with Crippen LogP contribution in [0.2, 0.25) is 5.28 Å². The van der Waals surface area contributed by atoms with Crippen molar-refractivity contribution in [2.24, 2.45) is 0 Å². The van der Waals surface area contributed by atoms with Crippen molar-refractivity contribution < 1.29 is 0 Å². The van der Waals surface area contributed by atoms with Gasteiger partial charge in [-0.05, 0) is 18.5 Å². The van der Waals surface area contributed by atoms with Gasteiger partial charge in [-0.1, -0.05) is 5.92 Å². The van der Waals surface area contributed by atoms with Crippen LogP contribution in [0.1, 0.15) is 5.69 Å². The second-order valence-electron chi connectivity index (χ2n) is 2.82. The molecule has 0 N–H and O–H groups in total. The minimum absolute atomic E-state index is 0.216. The first kappa shape index (κ1) is 8.97. The van der Waals surface area contributed by atoms with Crippen molar-refractivity contribution in [1.29, 1.82) is 0 Å². The molecule has 5 heteroatoms. The lowest BCUT2D eigenvalue weighted by Gasteiger charge is -1.98. The van der Waals surface area contributed by atoms with Crippen molar-refractivity contribution in [3.63, 3.8) is 0 Å². The van der Waals surface area contributed by atoms with E-state index in [0.29, 0.717) is 12.2 Å². The second-order valence-corrected chi connectivity index (χ2v) is 3.16. The molecule has 70 valence electrons. The summed E-state index contributed by atoms with van der Waals surface area (Å²) in [7, 11) is 0. The van der Waals surface area contributed by atoms with E-state index in [9.17, 15) is 0 Å². The first-order chi connectivity index (χ1) is 6.72. The van der Waals surface area contributed by atoms with Gasteiger partial charge in [-0.3, -0.25) is 0 Å². The average molecular weight is 207 g/mol. The van der Waals surface area contributed by atoms with Crippen molar-refractivity contribution >= 4 is 22.6 Å². The molecule has 0 amide bonds. The quantitative estimate of drug-likeness (QED) is 0.524. The third-order valence-corrected chi connectivity index (χ3v) is 2.07. The van der Waals surface area contributed by atoms with Crippen LogP contribution in [0.25, 0.3) is 11.0 Å². The highest BCUT2D eigenvalue weighted by Crippen LogP contribution is 2.16. The zero-order chi connectivity index (χ0) is 10.1. The van der Waals surface area contributed by atoms with Crippen LogP contribution >= 0.6 is 11.6 Å². The Labute approximate surface area is 85.9 Å². The van der Waals surface area contributed by atoms with Gasteiger partial charge in [0.1, 0.15) is 6.54 Å². The van der Waals surface area contributed by atoms with Crippen molar-refractivity contribution in [3.05, 3.63) is 17.2 Å². The molecule has 0 aliphatic rings. The molecule has 0 radical (unpaired) electrons. The Morgan fingerprint density at radius 1 is 1.57 bits per heavy atom. The number of halogens is 1. The predicted octanol–water partition coefficient (Wildman–Crippen LogP) is 1.42. The van der Waals surface area contributed by atoms with Crippen LogP contribution in [0.15, 0.2) is 6.20 Å². The molecule has 0 aliphatic heterocycles. The summed E-state index contributed by atoms with van der Waals surface area (Å²) in [6, 6.07) is 0. The number of aryl methyl sites for hydroxylation is 1. The topological polar surface area (TPSA) is 43.6 Å². The average Bonchev–Trinajstić information content (AvgIpc) is 2.49. The van der Waals surface area contributed by atoms with E-state index in [0.717, 1.165) is 11.1 Å². The van der Waals surface area contributed by atoms with Gasteiger partial charge >= 0.3 is 0 Å². The van der Waals surface area contributed by atoms with Crippen LogP contribution in [0.4, 0.5) is 0 Å². The van der Waals surface area contributed by atoms with Gasteiger partial charge in [0.2, 0.25) is 5.28 Å². The number of aromatic nitrogens is 4. The minimum Gasteiger partial charge on any atom is -0.235 e. The maximum absolute atomic E-state index is 5.74. The normalized spacial score (nSPS) is 10.4. The smallest absolute Gasteiger partial charge is 0.224 e. The van der Waals surface area contributed by atoms with Crippen LogP contribution in [-0.2, 0) is 6.54 Å². The van der Waals surface area contributed by atoms with Crippen LogP contribution in [0.3, 0.4) is 0 Å². The number of hydrogen-bond acceptors (Lipinski definition) is 3. The van der Waals surface area contributed by atoms with E-state index in [1.807, 2.05) is 6.92 Å². The molecule has 0 aliphatic carbocycles. The molecule has 2 rings (SSSR count). The molecule has 2 aromatic heterocycles. The predicted molar refractivity (Wildman–Crippen MR) is 53.9 cm³/mol. The molecule has 0 unspecified atom stereocenters. The van der Waals surface area contributed by atoms with E-state index in [4.69, 9.17) is 18.0 Å². The van der Waals surface area contributed by atoms with E-state index >= 15 is 0 Å². The van der Waals surface area contributed by atoms with Gasteiger partial charge in [-0.15, -0.1) is 6.42 Å². The summed E-state index contributed by atoms with van der Waals surface area (Å²) in [4.78, 5) is 8.10. The monoisotopic (exact) mass is 206 g/mol. The molecule has 0 saturated heterocycles. The lowest BCUT2D eigenvalue weighted by Crippen LogP contribution is -1.99. The van der Waals surface area contributed by atoms with Gasteiger partial charge < -0.3 is 0 Å². The molecular formula is C9H7ClN4. The number of hydrogen-bond donors (Lipinski definition) is 0. The highest BCUT2D eigenvalue weighted by atomic mass is 35.5. The third kappa shape index (κ3) is 1.32. The Kier molecular flexibility index (Phi) is 2.10. The SMILES string of the molecule is C#CCn1ncc2c(C)nc(Cl)nc21. The molecule has 4 nitrogen and oxygen atoms in total. The minimum atomic E-state index is 0.216. The van der Waals surface area contributed by atoms with E-state index in [1.165, 1.54) is 0 Å². The van der Waals surface area contributed by atoms with E-state index < -0.39 is 0 Å². The molecule has 0 saturated carbocycles. The molecule has 0 aromatic carbocycles. The highest BCUT2D eigenvalue weighted by Gasteiger charge is 2.07. The summed E-state index contributed by atoms with van der Waals surface area (Å²) in [6.07, 6.45) is 6.89.